The molecule has 2 heterocycles. The number of aromatic nitrogens is 3. The van der Waals surface area contributed by atoms with Gasteiger partial charge in [0.25, 0.3) is 5.91 Å². The van der Waals surface area contributed by atoms with Crippen molar-refractivity contribution in [2.75, 3.05) is 5.32 Å². The number of amides is 1. The molecule has 82 valence electrons. The zero-order valence-corrected chi connectivity index (χ0v) is 8.47. The van der Waals surface area contributed by atoms with Crippen molar-refractivity contribution < 1.29 is 4.79 Å². The second-order valence-corrected chi connectivity index (χ2v) is 3.20. The molecule has 0 aliphatic heterocycles. The van der Waals surface area contributed by atoms with Crippen molar-refractivity contribution in [3.05, 3.63) is 42.1 Å². The van der Waals surface area contributed by atoms with E-state index in [1.165, 1.54) is 6.33 Å². The maximum absolute atomic E-state index is 11.0. The molecule has 6 nitrogen and oxygen atoms in total. The van der Waals surface area contributed by atoms with Gasteiger partial charge in [0, 0.05) is 18.9 Å². The molecule has 4 N–H and O–H groups in total. The van der Waals surface area contributed by atoms with Gasteiger partial charge in [0.1, 0.15) is 5.69 Å². The minimum absolute atomic E-state index is 0.286. The number of imidazole rings is 1. The first-order valence-corrected chi connectivity index (χ1v) is 4.73. The molecule has 0 aromatic carbocycles. The number of carbonyl (C=O) groups is 1. The second kappa shape index (κ2) is 4.43. The molecule has 0 saturated carbocycles. The zero-order valence-electron chi connectivity index (χ0n) is 8.47. The van der Waals surface area contributed by atoms with Crippen LogP contribution in [0.1, 0.15) is 16.1 Å². The molecule has 6 heteroatoms. The predicted octanol–water partition coefficient (Wildman–Crippen LogP) is 0.516. The SMILES string of the molecule is NC(=O)c1[nH]cnc1NCc1ccncc1. The topological polar surface area (TPSA) is 96.7 Å². The third kappa shape index (κ3) is 2.17. The molecule has 0 unspecified atom stereocenters. The number of nitrogens with one attached hydrogen (secondary N) is 2. The van der Waals surface area contributed by atoms with Crippen molar-refractivity contribution in [3.8, 4) is 0 Å². The van der Waals surface area contributed by atoms with E-state index in [9.17, 15) is 4.79 Å². The van der Waals surface area contributed by atoms with Crippen molar-refractivity contribution in [1.82, 2.24) is 15.0 Å². The summed E-state index contributed by atoms with van der Waals surface area (Å²) < 4.78 is 0. The van der Waals surface area contributed by atoms with Crippen LogP contribution in [0.3, 0.4) is 0 Å². The highest BCUT2D eigenvalue weighted by atomic mass is 16.1. The molecule has 2 aromatic rings. The maximum atomic E-state index is 11.0. The summed E-state index contributed by atoms with van der Waals surface area (Å²) in [6.07, 6.45) is 4.84. The van der Waals surface area contributed by atoms with E-state index in [-0.39, 0.29) is 5.69 Å². The summed E-state index contributed by atoms with van der Waals surface area (Å²) in [5, 5.41) is 3.02. The number of primary amides is 1. The summed E-state index contributed by atoms with van der Waals surface area (Å²) in [4.78, 5) is 21.6. The molecule has 0 aliphatic carbocycles. The predicted molar refractivity (Wildman–Crippen MR) is 58.7 cm³/mol. The Labute approximate surface area is 91.9 Å². The number of pyridine rings is 1. The lowest BCUT2D eigenvalue weighted by Crippen LogP contribution is -2.14. The monoisotopic (exact) mass is 217 g/mol. The van der Waals surface area contributed by atoms with Crippen LogP contribution in [0.25, 0.3) is 0 Å². The molecular weight excluding hydrogens is 206 g/mol. The molecule has 0 bridgehead atoms. The zero-order chi connectivity index (χ0) is 11.4. The van der Waals surface area contributed by atoms with Gasteiger partial charge in [-0.05, 0) is 17.7 Å². The standard InChI is InChI=1S/C10H11N5O/c11-9(16)8-10(15-6-14-8)13-5-7-1-3-12-4-2-7/h1-4,6,13H,5H2,(H2,11,16)(H,14,15). The van der Waals surface area contributed by atoms with Gasteiger partial charge in [-0.25, -0.2) is 4.98 Å². The number of hydrogen-bond acceptors (Lipinski definition) is 4. The van der Waals surface area contributed by atoms with Gasteiger partial charge in [-0.1, -0.05) is 0 Å². The van der Waals surface area contributed by atoms with E-state index in [0.29, 0.717) is 12.4 Å². The molecule has 2 aromatic heterocycles. The van der Waals surface area contributed by atoms with Gasteiger partial charge in [-0.2, -0.15) is 0 Å². The van der Waals surface area contributed by atoms with Gasteiger partial charge in [0.15, 0.2) is 5.82 Å². The van der Waals surface area contributed by atoms with Gasteiger partial charge in [0.2, 0.25) is 0 Å². The van der Waals surface area contributed by atoms with Crippen LogP contribution < -0.4 is 11.1 Å². The maximum Gasteiger partial charge on any atom is 0.269 e. The fourth-order valence-electron chi connectivity index (χ4n) is 1.30. The molecule has 0 radical (unpaired) electrons. The highest BCUT2D eigenvalue weighted by Gasteiger charge is 2.09. The minimum atomic E-state index is -0.533. The van der Waals surface area contributed by atoms with Crippen LogP contribution in [-0.4, -0.2) is 20.9 Å². The van der Waals surface area contributed by atoms with Crippen LogP contribution in [0.2, 0.25) is 0 Å². The van der Waals surface area contributed by atoms with Crippen molar-refractivity contribution in [1.29, 1.82) is 0 Å². The molecule has 16 heavy (non-hydrogen) atoms. The molecular formula is C10H11N5O. The Bertz CT molecular complexity index is 479. The normalized spacial score (nSPS) is 10.0. The van der Waals surface area contributed by atoms with E-state index >= 15 is 0 Å². The summed E-state index contributed by atoms with van der Waals surface area (Å²) in [5.74, 6) is -0.0703. The number of nitrogens with two attached hydrogens (primary N) is 1. The number of hydrogen-bond donors (Lipinski definition) is 3. The van der Waals surface area contributed by atoms with Gasteiger partial charge in [-0.3, -0.25) is 9.78 Å². The largest absolute Gasteiger partial charge is 0.364 e. The Morgan fingerprint density at radius 3 is 2.88 bits per heavy atom. The minimum Gasteiger partial charge on any atom is -0.364 e. The third-order valence-electron chi connectivity index (χ3n) is 2.10. The first-order valence-electron chi connectivity index (χ1n) is 4.73. The van der Waals surface area contributed by atoms with Crippen LogP contribution in [0, 0.1) is 0 Å². The highest BCUT2D eigenvalue weighted by Crippen LogP contribution is 2.09. The van der Waals surface area contributed by atoms with Crippen LogP contribution in [-0.2, 0) is 6.54 Å². The van der Waals surface area contributed by atoms with E-state index in [1.54, 1.807) is 12.4 Å². The van der Waals surface area contributed by atoms with Gasteiger partial charge >= 0.3 is 0 Å². The summed E-state index contributed by atoms with van der Waals surface area (Å²) in [5.41, 5.74) is 6.50. The Balaban J connectivity index is 2.05. The van der Waals surface area contributed by atoms with Crippen LogP contribution in [0.5, 0.6) is 0 Å². The van der Waals surface area contributed by atoms with E-state index in [1.807, 2.05) is 12.1 Å². The molecule has 0 spiro atoms. The van der Waals surface area contributed by atoms with Gasteiger partial charge in [0.05, 0.1) is 6.33 Å². The Kier molecular flexibility index (Phi) is 2.81. The third-order valence-corrected chi connectivity index (χ3v) is 2.10. The Morgan fingerprint density at radius 2 is 2.19 bits per heavy atom. The van der Waals surface area contributed by atoms with Gasteiger partial charge < -0.3 is 16.0 Å². The van der Waals surface area contributed by atoms with E-state index in [2.05, 4.69) is 20.3 Å². The number of nitrogens with zero attached hydrogens (tertiary/aromatic N) is 2. The second-order valence-electron chi connectivity index (χ2n) is 3.20. The molecule has 0 saturated heterocycles. The summed E-state index contributed by atoms with van der Waals surface area (Å²) >= 11 is 0. The van der Waals surface area contributed by atoms with E-state index < -0.39 is 5.91 Å². The fraction of sp³-hybridized carbons (Fsp3) is 0.100. The fourth-order valence-corrected chi connectivity index (χ4v) is 1.30. The Hall–Kier alpha value is -2.37. The van der Waals surface area contributed by atoms with Gasteiger partial charge in [-0.15, -0.1) is 0 Å². The highest BCUT2D eigenvalue weighted by molar-refractivity contribution is 5.95. The van der Waals surface area contributed by atoms with Crippen LogP contribution in [0.4, 0.5) is 5.82 Å². The Morgan fingerprint density at radius 1 is 1.44 bits per heavy atom. The number of rotatable bonds is 4. The van der Waals surface area contributed by atoms with Crippen molar-refractivity contribution in [2.24, 2.45) is 5.73 Å². The number of carbonyl (C=O) groups excluding carboxylic acids is 1. The lowest BCUT2D eigenvalue weighted by Gasteiger charge is -2.04. The summed E-state index contributed by atoms with van der Waals surface area (Å²) in [7, 11) is 0. The van der Waals surface area contributed by atoms with Crippen LogP contribution >= 0.6 is 0 Å². The average molecular weight is 217 g/mol. The van der Waals surface area contributed by atoms with Crippen LogP contribution in [0.15, 0.2) is 30.9 Å². The van der Waals surface area contributed by atoms with Crippen molar-refractivity contribution in [2.45, 2.75) is 6.54 Å². The summed E-state index contributed by atoms with van der Waals surface area (Å²) in [6, 6.07) is 3.76. The number of aromatic amines is 1. The lowest BCUT2D eigenvalue weighted by molar-refractivity contribution is 0.0997. The van der Waals surface area contributed by atoms with E-state index in [4.69, 9.17) is 5.73 Å². The smallest absolute Gasteiger partial charge is 0.269 e. The average Bonchev–Trinajstić information content (AvgIpc) is 2.76. The molecule has 0 aliphatic rings. The number of H-pyrrole nitrogens is 1. The lowest BCUT2D eigenvalue weighted by atomic mass is 10.2. The quantitative estimate of drug-likeness (QED) is 0.695. The molecule has 0 fully saturated rings. The molecule has 1 amide bonds. The molecule has 2 rings (SSSR count). The first kappa shape index (κ1) is 10.2. The first-order chi connectivity index (χ1) is 7.77. The summed E-state index contributed by atoms with van der Waals surface area (Å²) in [6.45, 7) is 0.563. The van der Waals surface area contributed by atoms with Crippen molar-refractivity contribution in [3.63, 3.8) is 0 Å². The van der Waals surface area contributed by atoms with Crippen molar-refractivity contribution >= 4 is 11.7 Å². The van der Waals surface area contributed by atoms with E-state index in [0.717, 1.165) is 5.56 Å². The molecule has 0 atom stereocenters. The number of anilines is 1.